The second kappa shape index (κ2) is 7.84. The summed E-state index contributed by atoms with van der Waals surface area (Å²) < 4.78 is 17.4. The first-order valence-electron chi connectivity index (χ1n) is 9.21. The molecular formula is C22H19BrN4O3. The molecule has 0 saturated heterocycles. The van der Waals surface area contributed by atoms with Crippen LogP contribution in [0.2, 0.25) is 0 Å². The normalized spacial score (nSPS) is 17.6. The number of hydrogen-bond acceptors (Lipinski definition) is 7. The fraction of sp³-hybridized carbons (Fsp3) is 0.227. The number of hydrogen-bond donors (Lipinski definition) is 2. The molecule has 152 valence electrons. The topological polar surface area (TPSA) is 100 Å². The monoisotopic (exact) mass is 466 g/mol. The van der Waals surface area contributed by atoms with Gasteiger partial charge in [0.2, 0.25) is 5.90 Å². The molecular weight excluding hydrogens is 448 g/mol. The molecule has 1 aliphatic rings. The van der Waals surface area contributed by atoms with Crippen LogP contribution >= 0.6 is 15.9 Å². The van der Waals surface area contributed by atoms with Gasteiger partial charge in [-0.2, -0.15) is 5.26 Å². The molecule has 4 rings (SSSR count). The lowest BCUT2D eigenvalue weighted by atomic mass is 9.81. The fourth-order valence-corrected chi connectivity index (χ4v) is 4.47. The average Bonchev–Trinajstić information content (AvgIpc) is 2.77. The van der Waals surface area contributed by atoms with E-state index in [1.54, 1.807) is 21.3 Å². The Labute approximate surface area is 182 Å². The summed E-state index contributed by atoms with van der Waals surface area (Å²) in [6.07, 6.45) is 0. The maximum Gasteiger partial charge on any atom is 0.205 e. The van der Waals surface area contributed by atoms with Crippen molar-refractivity contribution in [3.05, 3.63) is 52.1 Å². The highest BCUT2D eigenvalue weighted by Crippen LogP contribution is 2.48. The van der Waals surface area contributed by atoms with E-state index in [4.69, 9.17) is 24.6 Å². The molecule has 0 bridgehead atoms. The number of fused-ring (bicyclic) bond motifs is 3. The van der Waals surface area contributed by atoms with Gasteiger partial charge < -0.3 is 19.5 Å². The van der Waals surface area contributed by atoms with Crippen LogP contribution in [0, 0.1) is 22.7 Å². The minimum absolute atomic E-state index is 0.106. The molecule has 7 nitrogen and oxygen atoms in total. The SMILES string of the molecule is CNc1nc2c(c3ccccc13)OC(=N)C(C#N)C2c1cc(Br)c(OC)c(OC)c1. The Morgan fingerprint density at radius 1 is 1.20 bits per heavy atom. The zero-order chi connectivity index (χ0) is 21.4. The first-order valence-corrected chi connectivity index (χ1v) is 10.0. The van der Waals surface area contributed by atoms with Crippen LogP contribution in [0.3, 0.4) is 0 Å². The van der Waals surface area contributed by atoms with E-state index in [1.807, 2.05) is 36.4 Å². The van der Waals surface area contributed by atoms with Gasteiger partial charge in [-0.25, -0.2) is 4.98 Å². The molecule has 8 heteroatoms. The standard InChI is InChI=1S/C22H19BrN4O3/c1-26-22-13-7-5-4-6-12(13)19-18(27-22)17(14(10-24)21(25)30-19)11-8-15(23)20(29-3)16(9-11)28-2/h4-9,14,17,25H,1-3H3,(H,26,27). The van der Waals surface area contributed by atoms with E-state index in [0.29, 0.717) is 33.2 Å². The molecule has 2 aromatic carbocycles. The number of aromatic nitrogens is 1. The Kier molecular flexibility index (Phi) is 5.22. The van der Waals surface area contributed by atoms with Crippen LogP contribution in [0.1, 0.15) is 17.2 Å². The van der Waals surface area contributed by atoms with Crippen LogP contribution in [0.4, 0.5) is 5.82 Å². The van der Waals surface area contributed by atoms with Gasteiger partial charge in [-0.3, -0.25) is 5.41 Å². The summed E-state index contributed by atoms with van der Waals surface area (Å²) in [7, 11) is 4.92. The summed E-state index contributed by atoms with van der Waals surface area (Å²) in [5.41, 5.74) is 1.37. The summed E-state index contributed by atoms with van der Waals surface area (Å²) >= 11 is 3.52. The van der Waals surface area contributed by atoms with Crippen LogP contribution in [0.25, 0.3) is 10.8 Å². The number of nitrogens with one attached hydrogen (secondary N) is 2. The van der Waals surface area contributed by atoms with Crippen LogP contribution in [-0.4, -0.2) is 32.1 Å². The zero-order valence-electron chi connectivity index (χ0n) is 16.6. The van der Waals surface area contributed by atoms with Gasteiger partial charge in [-0.15, -0.1) is 0 Å². The summed E-state index contributed by atoms with van der Waals surface area (Å²) in [5, 5.41) is 23.1. The molecule has 3 aromatic rings. The van der Waals surface area contributed by atoms with E-state index >= 15 is 0 Å². The smallest absolute Gasteiger partial charge is 0.205 e. The van der Waals surface area contributed by atoms with Gasteiger partial charge in [-0.1, -0.05) is 24.3 Å². The van der Waals surface area contributed by atoms with Gasteiger partial charge in [0.1, 0.15) is 11.7 Å². The first-order chi connectivity index (χ1) is 14.5. The van der Waals surface area contributed by atoms with Crippen LogP contribution in [-0.2, 0) is 0 Å². The minimum atomic E-state index is -0.833. The van der Waals surface area contributed by atoms with Gasteiger partial charge in [0.25, 0.3) is 0 Å². The number of pyridine rings is 1. The highest BCUT2D eigenvalue weighted by molar-refractivity contribution is 9.10. The molecule has 0 aliphatic carbocycles. The predicted octanol–water partition coefficient (Wildman–Crippen LogP) is 4.70. The van der Waals surface area contributed by atoms with Crippen molar-refractivity contribution in [2.45, 2.75) is 5.92 Å². The fourth-order valence-electron chi connectivity index (χ4n) is 3.85. The van der Waals surface area contributed by atoms with Crippen molar-refractivity contribution in [2.75, 3.05) is 26.6 Å². The molecule has 0 spiro atoms. The lowest BCUT2D eigenvalue weighted by Gasteiger charge is -2.31. The molecule has 0 amide bonds. The molecule has 1 aliphatic heterocycles. The van der Waals surface area contributed by atoms with E-state index in [0.717, 1.165) is 16.3 Å². The lowest BCUT2D eigenvalue weighted by Crippen LogP contribution is -2.32. The van der Waals surface area contributed by atoms with E-state index in [2.05, 4.69) is 27.3 Å². The highest BCUT2D eigenvalue weighted by atomic mass is 79.9. The second-order valence-electron chi connectivity index (χ2n) is 6.76. The van der Waals surface area contributed by atoms with Crippen molar-refractivity contribution < 1.29 is 14.2 Å². The molecule has 2 N–H and O–H groups in total. The Hall–Kier alpha value is -3.31. The van der Waals surface area contributed by atoms with Crippen molar-refractivity contribution in [3.63, 3.8) is 0 Å². The van der Waals surface area contributed by atoms with Crippen molar-refractivity contribution >= 4 is 38.4 Å². The van der Waals surface area contributed by atoms with E-state index < -0.39 is 11.8 Å². The molecule has 2 heterocycles. The summed E-state index contributed by atoms with van der Waals surface area (Å²) in [6, 6.07) is 13.6. The lowest BCUT2D eigenvalue weighted by molar-refractivity contribution is 0.352. The number of halogens is 1. The predicted molar refractivity (Wildman–Crippen MR) is 118 cm³/mol. The first kappa shape index (κ1) is 20.0. The summed E-state index contributed by atoms with van der Waals surface area (Å²) in [6.45, 7) is 0. The number of anilines is 1. The molecule has 30 heavy (non-hydrogen) atoms. The van der Waals surface area contributed by atoms with Crippen molar-refractivity contribution in [1.29, 1.82) is 10.7 Å². The largest absolute Gasteiger partial charge is 0.493 e. The minimum Gasteiger partial charge on any atom is -0.493 e. The highest BCUT2D eigenvalue weighted by Gasteiger charge is 2.40. The van der Waals surface area contributed by atoms with Crippen molar-refractivity contribution in [3.8, 4) is 23.3 Å². The third kappa shape index (κ3) is 3.02. The van der Waals surface area contributed by atoms with Crippen LogP contribution in [0.5, 0.6) is 17.2 Å². The number of benzene rings is 2. The molecule has 0 saturated carbocycles. The van der Waals surface area contributed by atoms with Gasteiger partial charge in [0, 0.05) is 17.8 Å². The number of rotatable bonds is 4. The van der Waals surface area contributed by atoms with Gasteiger partial charge in [0.05, 0.1) is 36.4 Å². The summed E-state index contributed by atoms with van der Waals surface area (Å²) in [4.78, 5) is 4.81. The van der Waals surface area contributed by atoms with E-state index in [-0.39, 0.29) is 5.90 Å². The maximum atomic E-state index is 9.87. The quantitative estimate of drug-likeness (QED) is 0.577. The van der Waals surface area contributed by atoms with Crippen molar-refractivity contribution in [1.82, 2.24) is 4.98 Å². The Balaban J connectivity index is 2.04. The average molecular weight is 467 g/mol. The van der Waals surface area contributed by atoms with E-state index in [9.17, 15) is 5.26 Å². The maximum absolute atomic E-state index is 9.87. The number of nitriles is 1. The van der Waals surface area contributed by atoms with Crippen LogP contribution < -0.4 is 19.5 Å². The second-order valence-corrected chi connectivity index (χ2v) is 7.61. The van der Waals surface area contributed by atoms with Gasteiger partial charge in [0.15, 0.2) is 17.2 Å². The zero-order valence-corrected chi connectivity index (χ0v) is 18.2. The third-order valence-electron chi connectivity index (χ3n) is 5.21. The molecule has 2 atom stereocenters. The molecule has 0 fully saturated rings. The number of methoxy groups -OCH3 is 2. The Morgan fingerprint density at radius 2 is 1.93 bits per heavy atom. The van der Waals surface area contributed by atoms with Crippen LogP contribution in [0.15, 0.2) is 40.9 Å². The number of nitrogens with zero attached hydrogens (tertiary/aromatic N) is 2. The molecule has 2 unspecified atom stereocenters. The number of ether oxygens (including phenoxy) is 3. The van der Waals surface area contributed by atoms with Gasteiger partial charge >= 0.3 is 0 Å². The van der Waals surface area contributed by atoms with Gasteiger partial charge in [-0.05, 0) is 33.6 Å². The third-order valence-corrected chi connectivity index (χ3v) is 5.79. The van der Waals surface area contributed by atoms with E-state index in [1.165, 1.54) is 0 Å². The van der Waals surface area contributed by atoms with Crippen molar-refractivity contribution in [2.24, 2.45) is 5.92 Å². The molecule has 1 aromatic heterocycles. The Bertz CT molecular complexity index is 1210. The Morgan fingerprint density at radius 3 is 2.57 bits per heavy atom. The summed E-state index contributed by atoms with van der Waals surface area (Å²) in [5.74, 6) is 0.803. The molecule has 0 radical (unpaired) electrons.